The lowest BCUT2D eigenvalue weighted by Crippen LogP contribution is -2.47. The number of hydrogen-bond acceptors (Lipinski definition) is 4. The fraction of sp³-hybridized carbons (Fsp3) is 0.625. The number of para-hydroxylation sites is 2. The van der Waals surface area contributed by atoms with Gasteiger partial charge in [-0.25, -0.2) is 0 Å². The molecule has 1 saturated carbocycles. The van der Waals surface area contributed by atoms with Gasteiger partial charge in [0, 0.05) is 32.7 Å². The Labute approximate surface area is 121 Å². The van der Waals surface area contributed by atoms with Gasteiger partial charge < -0.3 is 4.90 Å². The van der Waals surface area contributed by atoms with E-state index in [0.717, 1.165) is 43.5 Å². The van der Waals surface area contributed by atoms with Crippen molar-refractivity contribution in [3.63, 3.8) is 0 Å². The number of benzene rings is 1. The monoisotopic (exact) mass is 275 g/mol. The van der Waals surface area contributed by atoms with Gasteiger partial charge >= 0.3 is 0 Å². The number of rotatable bonds is 4. The van der Waals surface area contributed by atoms with Crippen molar-refractivity contribution < 1.29 is 5.21 Å². The second-order valence-electron chi connectivity index (χ2n) is 6.07. The minimum Gasteiger partial charge on any atom is -0.367 e. The van der Waals surface area contributed by atoms with Gasteiger partial charge in [-0.1, -0.05) is 25.0 Å². The van der Waals surface area contributed by atoms with Gasteiger partial charge in [0.05, 0.1) is 11.4 Å². The van der Waals surface area contributed by atoms with Crippen LogP contribution in [0.2, 0.25) is 0 Å². The summed E-state index contributed by atoms with van der Waals surface area (Å²) in [6.45, 7) is 5.65. The molecule has 1 saturated heterocycles. The first-order valence-electron chi connectivity index (χ1n) is 7.83. The molecule has 1 aromatic carbocycles. The Hall–Kier alpha value is -1.26. The van der Waals surface area contributed by atoms with Crippen LogP contribution in [0.15, 0.2) is 24.3 Å². The van der Waals surface area contributed by atoms with Crippen molar-refractivity contribution in [3.05, 3.63) is 24.3 Å². The predicted octanol–water partition coefficient (Wildman–Crippen LogP) is 2.80. The number of nitrogens with one attached hydrogen (secondary N) is 1. The SMILES string of the molecule is ONc1ccccc1N1CCN(CC2CCCC2)CC1. The van der Waals surface area contributed by atoms with Crippen molar-refractivity contribution in [2.75, 3.05) is 43.1 Å². The molecule has 4 nitrogen and oxygen atoms in total. The Kier molecular flexibility index (Phi) is 4.43. The average Bonchev–Trinajstić information content (AvgIpc) is 3.01. The summed E-state index contributed by atoms with van der Waals surface area (Å²) in [6.07, 6.45) is 5.72. The van der Waals surface area contributed by atoms with E-state index < -0.39 is 0 Å². The van der Waals surface area contributed by atoms with Gasteiger partial charge in [-0.05, 0) is 30.9 Å². The predicted molar refractivity (Wildman–Crippen MR) is 82.5 cm³/mol. The maximum atomic E-state index is 9.20. The molecular formula is C16H25N3O. The second kappa shape index (κ2) is 6.46. The normalized spacial score (nSPS) is 21.4. The van der Waals surface area contributed by atoms with Crippen molar-refractivity contribution in [2.24, 2.45) is 5.92 Å². The molecule has 0 aromatic heterocycles. The lowest BCUT2D eigenvalue weighted by atomic mass is 10.1. The van der Waals surface area contributed by atoms with E-state index >= 15 is 0 Å². The molecule has 0 spiro atoms. The molecule has 0 radical (unpaired) electrons. The van der Waals surface area contributed by atoms with Crippen LogP contribution in [0.25, 0.3) is 0 Å². The Balaban J connectivity index is 1.55. The van der Waals surface area contributed by atoms with Gasteiger partial charge in [0.25, 0.3) is 0 Å². The summed E-state index contributed by atoms with van der Waals surface area (Å²) < 4.78 is 0. The molecule has 3 rings (SSSR count). The zero-order valence-corrected chi connectivity index (χ0v) is 12.1. The zero-order chi connectivity index (χ0) is 13.8. The number of piperazine rings is 1. The maximum absolute atomic E-state index is 9.20. The highest BCUT2D eigenvalue weighted by atomic mass is 16.5. The third-order valence-corrected chi connectivity index (χ3v) is 4.73. The van der Waals surface area contributed by atoms with Crippen LogP contribution >= 0.6 is 0 Å². The van der Waals surface area contributed by atoms with Crippen LogP contribution in [0.4, 0.5) is 11.4 Å². The molecule has 2 fully saturated rings. The van der Waals surface area contributed by atoms with E-state index in [4.69, 9.17) is 0 Å². The quantitative estimate of drug-likeness (QED) is 0.829. The highest BCUT2D eigenvalue weighted by Gasteiger charge is 2.23. The van der Waals surface area contributed by atoms with E-state index in [9.17, 15) is 5.21 Å². The maximum Gasteiger partial charge on any atom is 0.0835 e. The Bertz CT molecular complexity index is 423. The van der Waals surface area contributed by atoms with Gasteiger partial charge in [0.15, 0.2) is 0 Å². The molecule has 4 heteroatoms. The number of hydrogen-bond donors (Lipinski definition) is 2. The molecule has 0 bridgehead atoms. The molecule has 0 amide bonds. The van der Waals surface area contributed by atoms with Gasteiger partial charge in [0.1, 0.15) is 0 Å². The lowest BCUT2D eigenvalue weighted by Gasteiger charge is -2.37. The molecule has 0 unspecified atom stereocenters. The summed E-state index contributed by atoms with van der Waals surface area (Å²) in [5, 5.41) is 9.20. The van der Waals surface area contributed by atoms with Crippen molar-refractivity contribution >= 4 is 11.4 Å². The summed E-state index contributed by atoms with van der Waals surface area (Å²) in [5.41, 5.74) is 4.22. The molecule has 1 aliphatic carbocycles. The zero-order valence-electron chi connectivity index (χ0n) is 12.1. The molecule has 1 heterocycles. The van der Waals surface area contributed by atoms with Crippen LogP contribution < -0.4 is 10.4 Å². The standard InChI is InChI=1S/C16H25N3O/c20-17-15-7-3-4-8-16(15)19-11-9-18(10-12-19)13-14-5-1-2-6-14/h3-4,7-8,14,17,20H,1-2,5-6,9-13H2. The van der Waals surface area contributed by atoms with E-state index in [1.165, 1.54) is 32.2 Å². The third kappa shape index (κ3) is 3.07. The van der Waals surface area contributed by atoms with Crippen molar-refractivity contribution in [1.82, 2.24) is 4.90 Å². The molecule has 2 N–H and O–H groups in total. The number of anilines is 2. The summed E-state index contributed by atoms with van der Waals surface area (Å²) in [4.78, 5) is 4.98. The third-order valence-electron chi connectivity index (χ3n) is 4.73. The van der Waals surface area contributed by atoms with Gasteiger partial charge in [-0.2, -0.15) is 0 Å². The average molecular weight is 275 g/mol. The molecular weight excluding hydrogens is 250 g/mol. The van der Waals surface area contributed by atoms with E-state index in [0.29, 0.717) is 0 Å². The van der Waals surface area contributed by atoms with Crippen LogP contribution in [0.3, 0.4) is 0 Å². The van der Waals surface area contributed by atoms with E-state index in [1.807, 2.05) is 18.2 Å². The summed E-state index contributed by atoms with van der Waals surface area (Å²) in [7, 11) is 0. The second-order valence-corrected chi connectivity index (χ2v) is 6.07. The number of nitrogens with zero attached hydrogens (tertiary/aromatic N) is 2. The first kappa shape index (κ1) is 13.7. The Morgan fingerprint density at radius 2 is 1.75 bits per heavy atom. The van der Waals surface area contributed by atoms with Crippen LogP contribution in [0.1, 0.15) is 25.7 Å². The van der Waals surface area contributed by atoms with Crippen molar-refractivity contribution in [1.29, 1.82) is 0 Å². The van der Waals surface area contributed by atoms with Crippen LogP contribution in [-0.2, 0) is 0 Å². The summed E-state index contributed by atoms with van der Waals surface area (Å²) in [6, 6.07) is 7.96. The molecule has 0 atom stereocenters. The first-order chi connectivity index (χ1) is 9.86. The van der Waals surface area contributed by atoms with E-state index in [1.54, 1.807) is 0 Å². The van der Waals surface area contributed by atoms with Crippen LogP contribution in [0, 0.1) is 5.92 Å². The minimum atomic E-state index is 0.803. The van der Waals surface area contributed by atoms with Gasteiger partial charge in [-0.3, -0.25) is 15.6 Å². The fourth-order valence-corrected chi connectivity index (χ4v) is 3.57. The first-order valence-corrected chi connectivity index (χ1v) is 7.83. The smallest absolute Gasteiger partial charge is 0.0835 e. The molecule has 1 aliphatic heterocycles. The van der Waals surface area contributed by atoms with E-state index in [-0.39, 0.29) is 0 Å². The van der Waals surface area contributed by atoms with Crippen LogP contribution in [0.5, 0.6) is 0 Å². The fourth-order valence-electron chi connectivity index (χ4n) is 3.57. The highest BCUT2D eigenvalue weighted by Crippen LogP contribution is 2.28. The van der Waals surface area contributed by atoms with Crippen molar-refractivity contribution in [2.45, 2.75) is 25.7 Å². The minimum absolute atomic E-state index is 0.803. The van der Waals surface area contributed by atoms with Gasteiger partial charge in [-0.15, -0.1) is 0 Å². The van der Waals surface area contributed by atoms with Crippen molar-refractivity contribution in [3.8, 4) is 0 Å². The molecule has 1 aromatic rings. The molecule has 2 aliphatic rings. The largest absolute Gasteiger partial charge is 0.367 e. The molecule has 20 heavy (non-hydrogen) atoms. The Morgan fingerprint density at radius 1 is 1.05 bits per heavy atom. The topological polar surface area (TPSA) is 38.7 Å². The summed E-state index contributed by atoms with van der Waals surface area (Å²) in [5.74, 6) is 0.938. The van der Waals surface area contributed by atoms with Crippen LogP contribution in [-0.4, -0.2) is 42.8 Å². The van der Waals surface area contributed by atoms with E-state index in [2.05, 4.69) is 21.3 Å². The Morgan fingerprint density at radius 3 is 2.45 bits per heavy atom. The lowest BCUT2D eigenvalue weighted by molar-refractivity contribution is 0.220. The summed E-state index contributed by atoms with van der Waals surface area (Å²) >= 11 is 0. The van der Waals surface area contributed by atoms with Gasteiger partial charge in [0.2, 0.25) is 0 Å². The molecule has 110 valence electrons. The highest BCUT2D eigenvalue weighted by molar-refractivity contribution is 5.69.